The van der Waals surface area contributed by atoms with Crippen LogP contribution in [0.1, 0.15) is 17.4 Å². The van der Waals surface area contributed by atoms with Gasteiger partial charge in [-0.25, -0.2) is 4.98 Å². The lowest BCUT2D eigenvalue weighted by Crippen LogP contribution is -2.00. The van der Waals surface area contributed by atoms with Crippen LogP contribution in [0.3, 0.4) is 0 Å². The van der Waals surface area contributed by atoms with Crippen LogP contribution in [0, 0.1) is 0 Å². The quantitative estimate of drug-likeness (QED) is 0.849. The third-order valence-electron chi connectivity index (χ3n) is 2.41. The Balaban J connectivity index is 2.29. The number of aliphatic hydroxyl groups is 1. The van der Waals surface area contributed by atoms with E-state index in [1.807, 2.05) is 25.2 Å². The summed E-state index contributed by atoms with van der Waals surface area (Å²) in [5.74, 6) is 0.729. The molecule has 2 rings (SSSR count). The van der Waals surface area contributed by atoms with Gasteiger partial charge < -0.3 is 14.4 Å². The van der Waals surface area contributed by atoms with E-state index in [4.69, 9.17) is 4.74 Å². The van der Waals surface area contributed by atoms with Gasteiger partial charge in [-0.15, -0.1) is 0 Å². The second-order valence-electron chi connectivity index (χ2n) is 3.64. The zero-order valence-electron chi connectivity index (χ0n) is 9.29. The van der Waals surface area contributed by atoms with Crippen LogP contribution in [0.2, 0.25) is 0 Å². The zero-order chi connectivity index (χ0) is 11.5. The number of rotatable bonds is 3. The van der Waals surface area contributed by atoms with Crippen LogP contribution in [0.4, 0.5) is 0 Å². The Morgan fingerprint density at radius 1 is 1.44 bits per heavy atom. The molecule has 0 aliphatic heterocycles. The van der Waals surface area contributed by atoms with E-state index in [2.05, 4.69) is 4.98 Å². The van der Waals surface area contributed by atoms with Crippen molar-refractivity contribution in [2.24, 2.45) is 7.05 Å². The SMILES string of the molecule is COc1cccc(C(O)c2cn(C)cn2)c1. The van der Waals surface area contributed by atoms with Crippen molar-refractivity contribution in [2.45, 2.75) is 6.10 Å². The number of benzene rings is 1. The minimum Gasteiger partial charge on any atom is -0.497 e. The summed E-state index contributed by atoms with van der Waals surface area (Å²) >= 11 is 0. The Morgan fingerprint density at radius 3 is 2.88 bits per heavy atom. The van der Waals surface area contributed by atoms with Gasteiger partial charge in [0.15, 0.2) is 0 Å². The Labute approximate surface area is 94.1 Å². The van der Waals surface area contributed by atoms with E-state index < -0.39 is 6.10 Å². The third-order valence-corrected chi connectivity index (χ3v) is 2.41. The van der Waals surface area contributed by atoms with E-state index in [9.17, 15) is 5.11 Å². The summed E-state index contributed by atoms with van der Waals surface area (Å²) in [4.78, 5) is 4.12. The molecule has 0 amide bonds. The van der Waals surface area contributed by atoms with E-state index in [-0.39, 0.29) is 0 Å². The molecule has 0 saturated carbocycles. The second-order valence-corrected chi connectivity index (χ2v) is 3.64. The van der Waals surface area contributed by atoms with Crippen molar-refractivity contribution in [2.75, 3.05) is 7.11 Å². The lowest BCUT2D eigenvalue weighted by Gasteiger charge is -2.09. The number of aliphatic hydroxyl groups excluding tert-OH is 1. The van der Waals surface area contributed by atoms with Crippen molar-refractivity contribution in [1.29, 1.82) is 0 Å². The van der Waals surface area contributed by atoms with E-state index in [1.165, 1.54) is 0 Å². The lowest BCUT2D eigenvalue weighted by molar-refractivity contribution is 0.215. The average molecular weight is 218 g/mol. The third kappa shape index (κ3) is 2.06. The highest BCUT2D eigenvalue weighted by Gasteiger charge is 2.13. The molecule has 16 heavy (non-hydrogen) atoms. The number of imidazole rings is 1. The fraction of sp³-hybridized carbons (Fsp3) is 0.250. The standard InChI is InChI=1S/C12H14N2O2/c1-14-7-11(13-8-14)12(15)9-4-3-5-10(6-9)16-2/h3-8,12,15H,1-2H3. The molecule has 4 heteroatoms. The summed E-state index contributed by atoms with van der Waals surface area (Å²) < 4.78 is 6.91. The normalized spacial score (nSPS) is 12.4. The molecule has 0 spiro atoms. The summed E-state index contributed by atoms with van der Waals surface area (Å²) in [6, 6.07) is 7.34. The highest BCUT2D eigenvalue weighted by Crippen LogP contribution is 2.23. The minimum atomic E-state index is -0.712. The first kappa shape index (κ1) is 10.7. The maximum Gasteiger partial charge on any atom is 0.123 e. The molecule has 1 aromatic carbocycles. The summed E-state index contributed by atoms with van der Waals surface area (Å²) in [6.07, 6.45) is 2.75. The van der Waals surface area contributed by atoms with E-state index >= 15 is 0 Å². The van der Waals surface area contributed by atoms with Gasteiger partial charge in [0.2, 0.25) is 0 Å². The van der Waals surface area contributed by atoms with Crippen molar-refractivity contribution in [3.63, 3.8) is 0 Å². The highest BCUT2D eigenvalue weighted by atomic mass is 16.5. The largest absolute Gasteiger partial charge is 0.497 e. The molecule has 1 atom stereocenters. The molecule has 0 fully saturated rings. The van der Waals surface area contributed by atoms with Gasteiger partial charge >= 0.3 is 0 Å². The van der Waals surface area contributed by atoms with Crippen LogP contribution >= 0.6 is 0 Å². The molecule has 0 aliphatic rings. The van der Waals surface area contributed by atoms with Gasteiger partial charge in [-0.2, -0.15) is 0 Å². The Morgan fingerprint density at radius 2 is 2.25 bits per heavy atom. The Hall–Kier alpha value is -1.81. The summed E-state index contributed by atoms with van der Waals surface area (Å²) in [7, 11) is 3.47. The molecule has 0 aliphatic carbocycles. The Kier molecular flexibility index (Phi) is 2.92. The fourth-order valence-electron chi connectivity index (χ4n) is 1.56. The predicted molar refractivity (Wildman–Crippen MR) is 60.3 cm³/mol. The second kappa shape index (κ2) is 4.37. The minimum absolute atomic E-state index is 0.635. The van der Waals surface area contributed by atoms with Crippen LogP contribution in [0.5, 0.6) is 5.75 Å². The van der Waals surface area contributed by atoms with Crippen LogP contribution in [0.25, 0.3) is 0 Å². The topological polar surface area (TPSA) is 47.3 Å². The maximum absolute atomic E-state index is 10.1. The van der Waals surface area contributed by atoms with Crippen molar-refractivity contribution >= 4 is 0 Å². The van der Waals surface area contributed by atoms with Gasteiger partial charge in [-0.3, -0.25) is 0 Å². The fourth-order valence-corrected chi connectivity index (χ4v) is 1.56. The summed E-state index contributed by atoms with van der Waals surface area (Å²) in [5, 5.41) is 10.1. The van der Waals surface area contributed by atoms with E-state index in [0.717, 1.165) is 11.3 Å². The molecule has 1 N–H and O–H groups in total. The van der Waals surface area contributed by atoms with Gasteiger partial charge in [-0.1, -0.05) is 12.1 Å². The molecule has 1 unspecified atom stereocenters. The molecule has 0 saturated heterocycles. The summed E-state index contributed by atoms with van der Waals surface area (Å²) in [6.45, 7) is 0. The van der Waals surface area contributed by atoms with Gasteiger partial charge in [0, 0.05) is 13.2 Å². The first-order valence-electron chi connectivity index (χ1n) is 5.00. The number of aryl methyl sites for hydroxylation is 1. The molecule has 1 aromatic heterocycles. The highest BCUT2D eigenvalue weighted by molar-refractivity contribution is 5.32. The number of hydrogen-bond donors (Lipinski definition) is 1. The smallest absolute Gasteiger partial charge is 0.123 e. The number of nitrogens with zero attached hydrogens (tertiary/aromatic N) is 2. The van der Waals surface area contributed by atoms with E-state index in [1.54, 1.807) is 30.3 Å². The maximum atomic E-state index is 10.1. The van der Waals surface area contributed by atoms with Crippen LogP contribution in [-0.4, -0.2) is 21.8 Å². The predicted octanol–water partition coefficient (Wildman–Crippen LogP) is 1.51. The number of methoxy groups -OCH3 is 1. The van der Waals surface area contributed by atoms with Crippen LogP contribution in [0.15, 0.2) is 36.8 Å². The molecule has 4 nitrogen and oxygen atoms in total. The number of ether oxygens (including phenoxy) is 1. The molecule has 2 aromatic rings. The average Bonchev–Trinajstić information content (AvgIpc) is 2.75. The summed E-state index contributed by atoms with van der Waals surface area (Å²) in [5.41, 5.74) is 1.41. The lowest BCUT2D eigenvalue weighted by atomic mass is 10.1. The molecule has 0 bridgehead atoms. The van der Waals surface area contributed by atoms with Crippen molar-refractivity contribution in [3.8, 4) is 5.75 Å². The van der Waals surface area contributed by atoms with Gasteiger partial charge in [0.05, 0.1) is 19.1 Å². The van der Waals surface area contributed by atoms with Gasteiger partial charge in [-0.05, 0) is 17.7 Å². The molecular formula is C12H14N2O2. The molecule has 1 heterocycles. The Bertz CT molecular complexity index is 479. The zero-order valence-corrected chi connectivity index (χ0v) is 9.29. The number of aromatic nitrogens is 2. The van der Waals surface area contributed by atoms with Crippen molar-refractivity contribution < 1.29 is 9.84 Å². The van der Waals surface area contributed by atoms with Crippen LogP contribution < -0.4 is 4.74 Å². The number of hydrogen-bond acceptors (Lipinski definition) is 3. The molecule has 0 radical (unpaired) electrons. The molecular weight excluding hydrogens is 204 g/mol. The first-order chi connectivity index (χ1) is 7.70. The van der Waals surface area contributed by atoms with Gasteiger partial charge in [0.1, 0.15) is 11.9 Å². The van der Waals surface area contributed by atoms with E-state index in [0.29, 0.717) is 5.69 Å². The van der Waals surface area contributed by atoms with Gasteiger partial charge in [0.25, 0.3) is 0 Å². The first-order valence-corrected chi connectivity index (χ1v) is 5.00. The monoisotopic (exact) mass is 218 g/mol. The van der Waals surface area contributed by atoms with Crippen molar-refractivity contribution in [3.05, 3.63) is 48.0 Å². The van der Waals surface area contributed by atoms with Crippen LogP contribution in [-0.2, 0) is 7.05 Å². The van der Waals surface area contributed by atoms with Crippen molar-refractivity contribution in [1.82, 2.24) is 9.55 Å². The molecule has 84 valence electrons.